The number of primary amides is 1. The number of aliphatic hydroxyl groups excluding tert-OH is 2. The first-order valence-electron chi connectivity index (χ1n) is 14.3. The van der Waals surface area contributed by atoms with Crippen LogP contribution in [-0.2, 0) is 40.4 Å². The van der Waals surface area contributed by atoms with E-state index in [1.807, 2.05) is 37.2 Å². The molecule has 1 aliphatic heterocycles. The van der Waals surface area contributed by atoms with Crippen molar-refractivity contribution < 1.29 is 34.8 Å². The summed E-state index contributed by atoms with van der Waals surface area (Å²) in [5.74, 6) is -6.52. The molecule has 6 N–H and O–H groups in total. The van der Waals surface area contributed by atoms with Crippen LogP contribution in [0, 0.1) is 11.8 Å². The van der Waals surface area contributed by atoms with Crippen molar-refractivity contribution in [1.82, 2.24) is 9.80 Å². The first kappa shape index (κ1) is 28.9. The summed E-state index contributed by atoms with van der Waals surface area (Å²) in [6.45, 7) is 1.79. The van der Waals surface area contributed by atoms with E-state index in [0.717, 1.165) is 5.69 Å². The fourth-order valence-corrected chi connectivity index (χ4v) is 7.62. The van der Waals surface area contributed by atoms with E-state index in [-0.39, 0.29) is 29.7 Å². The Hall–Kier alpha value is -4.19. The summed E-state index contributed by atoms with van der Waals surface area (Å²) >= 11 is 0. The number of hydrogen-bond acceptors (Lipinski definition) is 10. The molecule has 1 fully saturated rings. The zero-order chi connectivity index (χ0) is 31.1. The van der Waals surface area contributed by atoms with Gasteiger partial charge >= 0.3 is 0 Å². The van der Waals surface area contributed by atoms with E-state index in [1.54, 1.807) is 14.1 Å². The van der Waals surface area contributed by atoms with Crippen LogP contribution in [0.4, 0.5) is 5.69 Å². The molecule has 2 aromatic carbocycles. The zero-order valence-corrected chi connectivity index (χ0v) is 24.6. The third-order valence-corrected chi connectivity index (χ3v) is 9.56. The first-order valence-corrected chi connectivity index (χ1v) is 14.3. The number of aliphatic hydroxyl groups is 3. The predicted molar refractivity (Wildman–Crippen MR) is 158 cm³/mol. The predicted octanol–water partition coefficient (Wildman–Crippen LogP) is 1.55. The van der Waals surface area contributed by atoms with E-state index in [1.165, 1.54) is 16.0 Å². The van der Waals surface area contributed by atoms with E-state index < -0.39 is 58.0 Å². The van der Waals surface area contributed by atoms with Crippen molar-refractivity contribution in [3.8, 4) is 5.75 Å². The highest BCUT2D eigenvalue weighted by Gasteiger charge is 2.64. The molecule has 1 saturated carbocycles. The molecule has 43 heavy (non-hydrogen) atoms. The van der Waals surface area contributed by atoms with Crippen molar-refractivity contribution in [3.05, 3.63) is 75.1 Å². The lowest BCUT2D eigenvalue weighted by Crippen LogP contribution is -2.65. The summed E-state index contributed by atoms with van der Waals surface area (Å²) < 4.78 is 0. The molecule has 6 rings (SSSR count). The molecule has 0 saturated heterocycles. The number of aromatic hydroxyl groups is 1. The fourth-order valence-electron chi connectivity index (χ4n) is 7.62. The van der Waals surface area contributed by atoms with Crippen LogP contribution in [0.3, 0.4) is 0 Å². The van der Waals surface area contributed by atoms with Gasteiger partial charge in [-0.2, -0.15) is 0 Å². The van der Waals surface area contributed by atoms with Crippen molar-refractivity contribution in [2.24, 2.45) is 17.6 Å². The van der Waals surface area contributed by atoms with E-state index in [9.17, 15) is 34.8 Å². The Kier molecular flexibility index (Phi) is 6.68. The van der Waals surface area contributed by atoms with Gasteiger partial charge in [0.1, 0.15) is 22.8 Å². The summed E-state index contributed by atoms with van der Waals surface area (Å²) in [5, 5.41) is 46.2. The van der Waals surface area contributed by atoms with Crippen molar-refractivity contribution >= 4 is 28.9 Å². The summed E-state index contributed by atoms with van der Waals surface area (Å²) in [5.41, 5.74) is 6.27. The fraction of sp³-hybridized carbons (Fsp3) is 0.406. The number of anilines is 1. The van der Waals surface area contributed by atoms with Gasteiger partial charge in [0.05, 0.1) is 11.6 Å². The van der Waals surface area contributed by atoms with Crippen LogP contribution in [0.2, 0.25) is 0 Å². The number of Topliss-reactive ketones (excluding diaryl/α,β-unsaturated/α-hetero) is 2. The molecule has 4 atom stereocenters. The van der Waals surface area contributed by atoms with Crippen molar-refractivity contribution in [2.45, 2.75) is 44.1 Å². The first-order chi connectivity index (χ1) is 20.3. The molecule has 0 aromatic heterocycles. The molecule has 1 amide bonds. The van der Waals surface area contributed by atoms with Crippen LogP contribution in [0.15, 0.2) is 47.2 Å². The molecular weight excluding hydrogens is 552 g/mol. The Morgan fingerprint density at radius 3 is 2.26 bits per heavy atom. The lowest BCUT2D eigenvalue weighted by Gasteiger charge is -2.50. The number of carbonyl (C=O) groups is 3. The minimum absolute atomic E-state index is 0.0488. The van der Waals surface area contributed by atoms with Gasteiger partial charge in [0.25, 0.3) is 5.91 Å². The minimum Gasteiger partial charge on any atom is -0.508 e. The highest BCUT2D eigenvalue weighted by atomic mass is 16.3. The van der Waals surface area contributed by atoms with Gasteiger partial charge in [0, 0.05) is 56.5 Å². The number of hydrogen-bond donors (Lipinski definition) is 5. The van der Waals surface area contributed by atoms with Crippen molar-refractivity contribution in [2.75, 3.05) is 33.1 Å². The average Bonchev–Trinajstić information content (AvgIpc) is 3.34. The maximum atomic E-state index is 14.2. The van der Waals surface area contributed by atoms with Crippen LogP contribution in [0.5, 0.6) is 5.75 Å². The zero-order valence-electron chi connectivity index (χ0n) is 24.6. The van der Waals surface area contributed by atoms with Gasteiger partial charge in [-0.1, -0.05) is 24.3 Å². The van der Waals surface area contributed by atoms with Gasteiger partial charge in [0.15, 0.2) is 11.4 Å². The van der Waals surface area contributed by atoms with E-state index >= 15 is 0 Å². The maximum Gasteiger partial charge on any atom is 0.255 e. The van der Waals surface area contributed by atoms with Gasteiger partial charge < -0.3 is 31.1 Å². The van der Waals surface area contributed by atoms with Gasteiger partial charge in [-0.3, -0.25) is 24.2 Å². The molecule has 11 nitrogen and oxygen atoms in total. The molecule has 2 aromatic rings. The second kappa shape index (κ2) is 9.94. The number of nitrogens with two attached hydrogens (primary N) is 1. The molecular formula is C32H36N4O7. The Balaban J connectivity index is 1.48. The molecule has 1 heterocycles. The Labute approximate surface area is 249 Å². The summed E-state index contributed by atoms with van der Waals surface area (Å²) in [6.07, 6.45) is 0.290. The maximum absolute atomic E-state index is 14.2. The Bertz CT molecular complexity index is 1630. The lowest BCUT2D eigenvalue weighted by molar-refractivity contribution is -0.153. The summed E-state index contributed by atoms with van der Waals surface area (Å²) in [6, 6.07) is 8.91. The number of benzene rings is 2. The number of fused-ring (bicyclic) bond motifs is 4. The number of likely N-dealkylation sites (N-methyl/N-ethyl adjacent to an activating group) is 1. The molecule has 0 bridgehead atoms. The van der Waals surface area contributed by atoms with Crippen molar-refractivity contribution in [1.29, 1.82) is 0 Å². The SMILES string of the molecule is CN(C)c1cc(CN2Cc3ccccc3C2)c(O)c2c1C[C@H]1C[C@H]3[C@H](N(C)C)C(=O)C(C(N)=O)=C(O)[C@@]3(O)C(=O)C1=C2O. The Morgan fingerprint density at radius 1 is 1.07 bits per heavy atom. The molecule has 0 radical (unpaired) electrons. The smallest absolute Gasteiger partial charge is 0.255 e. The third-order valence-electron chi connectivity index (χ3n) is 9.56. The van der Waals surface area contributed by atoms with Gasteiger partial charge in [-0.25, -0.2) is 0 Å². The van der Waals surface area contributed by atoms with Gasteiger partial charge in [-0.05, 0) is 55.6 Å². The van der Waals surface area contributed by atoms with Crippen LogP contribution < -0.4 is 10.6 Å². The number of rotatable bonds is 5. The monoisotopic (exact) mass is 588 g/mol. The van der Waals surface area contributed by atoms with Crippen LogP contribution in [-0.4, -0.2) is 87.5 Å². The Morgan fingerprint density at radius 2 is 1.70 bits per heavy atom. The van der Waals surface area contributed by atoms with Crippen molar-refractivity contribution in [3.63, 3.8) is 0 Å². The second-order valence-electron chi connectivity index (χ2n) is 12.5. The number of carbonyl (C=O) groups excluding carboxylic acids is 3. The molecule has 3 aliphatic carbocycles. The quantitative estimate of drug-likeness (QED) is 0.323. The molecule has 4 aliphatic rings. The van der Waals surface area contributed by atoms with Gasteiger partial charge in [-0.15, -0.1) is 0 Å². The summed E-state index contributed by atoms with van der Waals surface area (Å²) in [7, 11) is 6.88. The minimum atomic E-state index is -2.66. The topological polar surface area (TPSA) is 168 Å². The van der Waals surface area contributed by atoms with E-state index in [4.69, 9.17) is 5.73 Å². The second-order valence-corrected chi connectivity index (χ2v) is 12.5. The molecule has 0 unspecified atom stereocenters. The molecule has 11 heteroatoms. The van der Waals surface area contributed by atoms with E-state index in [2.05, 4.69) is 17.0 Å². The number of nitrogens with zero attached hydrogens (tertiary/aromatic N) is 3. The average molecular weight is 589 g/mol. The summed E-state index contributed by atoms with van der Waals surface area (Å²) in [4.78, 5) is 45.2. The number of phenols is 1. The largest absolute Gasteiger partial charge is 0.508 e. The van der Waals surface area contributed by atoms with Crippen LogP contribution in [0.25, 0.3) is 5.76 Å². The number of ketones is 2. The van der Waals surface area contributed by atoms with Gasteiger partial charge in [0.2, 0.25) is 5.78 Å². The number of amides is 1. The number of phenolic OH excluding ortho intramolecular Hbond substituents is 1. The highest BCUT2D eigenvalue weighted by Crippen LogP contribution is 2.54. The standard InChI is InChI=1S/C32H36N4O7/c1-34(2)21-11-18(14-36-12-15-7-5-6-8-16(15)13-36)26(37)23-19(21)9-17-10-20-25(35(3)4)28(39)24(31(33)42)30(41)32(20,43)29(40)22(17)27(23)38/h5-8,11,17,20,25,37-38,41,43H,9-10,12-14H2,1-4H3,(H2,33,42)/t17-,20-,25-,32-/m0/s1. The third kappa shape index (κ3) is 4.10. The van der Waals surface area contributed by atoms with Crippen LogP contribution >= 0.6 is 0 Å². The molecule has 0 spiro atoms. The molecule has 226 valence electrons. The van der Waals surface area contributed by atoms with E-state index in [0.29, 0.717) is 30.8 Å². The van der Waals surface area contributed by atoms with Crippen LogP contribution in [0.1, 0.15) is 34.2 Å². The highest BCUT2D eigenvalue weighted by molar-refractivity contribution is 6.24. The lowest BCUT2D eigenvalue weighted by atomic mass is 9.57. The normalized spacial score (nSPS) is 26.8.